The molecule has 1 heterocycles. The molecule has 0 aliphatic carbocycles. The Bertz CT molecular complexity index is 415. The number of nitrogens with zero attached hydrogens (tertiary/aromatic N) is 1. The second kappa shape index (κ2) is 5.54. The summed E-state index contributed by atoms with van der Waals surface area (Å²) in [6, 6.07) is 1.35. The van der Waals surface area contributed by atoms with Crippen LogP contribution in [0, 0.1) is 0 Å². The van der Waals surface area contributed by atoms with E-state index in [1.807, 2.05) is 0 Å². The molecular weight excluding hydrogens is 307 g/mol. The van der Waals surface area contributed by atoms with Gasteiger partial charge in [0.15, 0.2) is 0 Å². The van der Waals surface area contributed by atoms with Crippen LogP contribution in [0.5, 0.6) is 0 Å². The Morgan fingerprint density at radius 2 is 2.31 bits per heavy atom. The van der Waals surface area contributed by atoms with E-state index in [2.05, 4.69) is 25.7 Å². The lowest BCUT2D eigenvalue weighted by atomic mass is 10.1. The van der Waals surface area contributed by atoms with Gasteiger partial charge in [-0.2, -0.15) is 0 Å². The van der Waals surface area contributed by atoms with Crippen LogP contribution < -0.4 is 0 Å². The van der Waals surface area contributed by atoms with Crippen molar-refractivity contribution in [2.45, 2.75) is 12.8 Å². The van der Waals surface area contributed by atoms with Gasteiger partial charge in [0.25, 0.3) is 6.43 Å². The number of carbonyl (C=O) groups excluding carboxylic acids is 1. The molecule has 0 saturated carbocycles. The van der Waals surface area contributed by atoms with Crippen molar-refractivity contribution in [2.75, 3.05) is 7.11 Å². The van der Waals surface area contributed by atoms with Gasteiger partial charge in [0.2, 0.25) is 0 Å². The molecule has 1 aromatic rings. The van der Waals surface area contributed by atoms with Crippen LogP contribution in [0.25, 0.3) is 0 Å². The quantitative estimate of drug-likeness (QED) is 0.635. The second-order valence-corrected chi connectivity index (χ2v) is 4.09. The molecule has 0 saturated heterocycles. The van der Waals surface area contributed by atoms with Crippen LogP contribution in [0.3, 0.4) is 0 Å². The fraction of sp³-hybridized carbons (Fsp3) is 0.333. The molecule has 88 valence electrons. The Labute approximate surface area is 104 Å². The minimum atomic E-state index is -2.80. The highest BCUT2D eigenvalue weighted by Crippen LogP contribution is 2.29. The molecule has 0 amide bonds. The lowest BCUT2D eigenvalue weighted by Crippen LogP contribution is -2.09. The highest BCUT2D eigenvalue weighted by atomic mass is 79.9. The summed E-state index contributed by atoms with van der Waals surface area (Å²) >= 11 is 8.60. The van der Waals surface area contributed by atoms with Crippen LogP contribution in [-0.2, 0) is 16.0 Å². The average molecular weight is 315 g/mol. The Hall–Kier alpha value is -0.750. The summed E-state index contributed by atoms with van der Waals surface area (Å²) in [4.78, 5) is 14.5. The van der Waals surface area contributed by atoms with E-state index in [1.165, 1.54) is 13.2 Å². The normalized spacial score (nSPS) is 10.6. The molecule has 3 nitrogen and oxygen atoms in total. The number of carbonyl (C=O) groups is 1. The molecule has 0 bridgehead atoms. The molecule has 7 heteroatoms. The van der Waals surface area contributed by atoms with E-state index < -0.39 is 18.1 Å². The van der Waals surface area contributed by atoms with Crippen molar-refractivity contribution in [1.82, 2.24) is 4.98 Å². The van der Waals surface area contributed by atoms with Gasteiger partial charge in [0, 0.05) is 10.0 Å². The maximum absolute atomic E-state index is 12.6. The van der Waals surface area contributed by atoms with Crippen LogP contribution in [-0.4, -0.2) is 18.1 Å². The van der Waals surface area contributed by atoms with E-state index in [0.29, 0.717) is 4.47 Å². The third kappa shape index (κ3) is 3.12. The first-order chi connectivity index (χ1) is 7.45. The molecule has 1 aromatic heterocycles. The SMILES string of the molecule is COC(=O)Cc1c(Br)cc(Cl)nc1C(F)F. The van der Waals surface area contributed by atoms with E-state index in [0.717, 1.165) is 0 Å². The van der Waals surface area contributed by atoms with Gasteiger partial charge in [-0.1, -0.05) is 27.5 Å². The maximum Gasteiger partial charge on any atom is 0.310 e. The Morgan fingerprint density at radius 3 is 2.81 bits per heavy atom. The summed E-state index contributed by atoms with van der Waals surface area (Å²) in [5.41, 5.74) is -0.420. The number of alkyl halides is 2. The van der Waals surface area contributed by atoms with Crippen molar-refractivity contribution in [3.63, 3.8) is 0 Å². The van der Waals surface area contributed by atoms with E-state index in [-0.39, 0.29) is 17.1 Å². The van der Waals surface area contributed by atoms with Gasteiger partial charge < -0.3 is 4.74 Å². The molecule has 0 N–H and O–H groups in total. The van der Waals surface area contributed by atoms with Gasteiger partial charge in [-0.05, 0) is 6.07 Å². The largest absolute Gasteiger partial charge is 0.469 e. The van der Waals surface area contributed by atoms with E-state index in [4.69, 9.17) is 11.6 Å². The monoisotopic (exact) mass is 313 g/mol. The molecule has 0 aliphatic rings. The number of pyridine rings is 1. The number of hydrogen-bond donors (Lipinski definition) is 0. The van der Waals surface area contributed by atoms with Crippen LogP contribution in [0.15, 0.2) is 10.5 Å². The second-order valence-electron chi connectivity index (χ2n) is 2.84. The smallest absolute Gasteiger partial charge is 0.310 e. The molecule has 16 heavy (non-hydrogen) atoms. The maximum atomic E-state index is 12.6. The average Bonchev–Trinajstić information content (AvgIpc) is 2.20. The Kier molecular flexibility index (Phi) is 4.61. The van der Waals surface area contributed by atoms with Gasteiger partial charge >= 0.3 is 5.97 Å². The van der Waals surface area contributed by atoms with Crippen molar-refractivity contribution in [1.29, 1.82) is 0 Å². The number of aromatic nitrogens is 1. The summed E-state index contributed by atoms with van der Waals surface area (Å²) in [6.45, 7) is 0. The predicted octanol–water partition coefficient (Wildman–Crippen LogP) is 3.15. The molecular formula is C9H7BrClF2NO2. The molecule has 0 atom stereocenters. The van der Waals surface area contributed by atoms with Gasteiger partial charge in [0.05, 0.1) is 13.5 Å². The first kappa shape index (κ1) is 13.3. The topological polar surface area (TPSA) is 39.2 Å². The molecule has 0 aromatic carbocycles. The van der Waals surface area contributed by atoms with Gasteiger partial charge in [-0.25, -0.2) is 13.8 Å². The number of halogens is 4. The number of rotatable bonds is 3. The van der Waals surface area contributed by atoms with Gasteiger partial charge in [-0.15, -0.1) is 0 Å². The summed E-state index contributed by atoms with van der Waals surface area (Å²) in [5.74, 6) is -0.619. The van der Waals surface area contributed by atoms with E-state index in [1.54, 1.807) is 0 Å². The van der Waals surface area contributed by atoms with E-state index in [9.17, 15) is 13.6 Å². The summed E-state index contributed by atoms with van der Waals surface area (Å²) in [6.07, 6.45) is -3.07. The third-order valence-electron chi connectivity index (χ3n) is 1.83. The van der Waals surface area contributed by atoms with Crippen molar-refractivity contribution >= 4 is 33.5 Å². The number of hydrogen-bond acceptors (Lipinski definition) is 3. The van der Waals surface area contributed by atoms with E-state index >= 15 is 0 Å². The van der Waals surface area contributed by atoms with Crippen molar-refractivity contribution in [2.24, 2.45) is 0 Å². The zero-order valence-electron chi connectivity index (χ0n) is 8.14. The zero-order valence-corrected chi connectivity index (χ0v) is 10.5. The molecule has 0 radical (unpaired) electrons. The Balaban J connectivity index is 3.19. The van der Waals surface area contributed by atoms with Crippen molar-refractivity contribution in [3.05, 3.63) is 26.9 Å². The fourth-order valence-electron chi connectivity index (χ4n) is 1.10. The van der Waals surface area contributed by atoms with Crippen LogP contribution in [0.2, 0.25) is 5.15 Å². The lowest BCUT2D eigenvalue weighted by Gasteiger charge is -2.09. The Morgan fingerprint density at radius 1 is 1.69 bits per heavy atom. The fourth-order valence-corrected chi connectivity index (χ4v) is 1.99. The molecule has 0 unspecified atom stereocenters. The zero-order chi connectivity index (χ0) is 12.3. The molecule has 1 rings (SSSR count). The molecule has 0 aliphatic heterocycles. The summed E-state index contributed by atoms with van der Waals surface area (Å²) in [5, 5.41) is -0.0595. The summed E-state index contributed by atoms with van der Waals surface area (Å²) < 4.78 is 30.0. The van der Waals surface area contributed by atoms with Gasteiger partial charge in [-0.3, -0.25) is 4.79 Å². The minimum absolute atomic E-state index is 0.0595. The number of ether oxygens (including phenoxy) is 1. The first-order valence-electron chi connectivity index (χ1n) is 4.15. The predicted molar refractivity (Wildman–Crippen MR) is 57.6 cm³/mol. The van der Waals surface area contributed by atoms with Gasteiger partial charge in [0.1, 0.15) is 10.8 Å². The van der Waals surface area contributed by atoms with Crippen molar-refractivity contribution in [3.8, 4) is 0 Å². The van der Waals surface area contributed by atoms with Crippen LogP contribution in [0.1, 0.15) is 17.7 Å². The standard InChI is InChI=1S/C9H7BrClF2NO2/c1-16-7(15)2-4-5(10)3-6(11)14-8(4)9(12)13/h3,9H,2H2,1H3. The third-order valence-corrected chi connectivity index (χ3v) is 2.73. The first-order valence-corrected chi connectivity index (χ1v) is 5.32. The minimum Gasteiger partial charge on any atom is -0.469 e. The number of esters is 1. The molecule has 0 fully saturated rings. The lowest BCUT2D eigenvalue weighted by molar-refractivity contribution is -0.139. The highest BCUT2D eigenvalue weighted by molar-refractivity contribution is 9.10. The van der Waals surface area contributed by atoms with Crippen molar-refractivity contribution < 1.29 is 18.3 Å². The summed E-state index contributed by atoms with van der Waals surface area (Å²) in [7, 11) is 1.18. The molecule has 0 spiro atoms. The highest BCUT2D eigenvalue weighted by Gasteiger charge is 2.20. The number of methoxy groups -OCH3 is 1. The van der Waals surface area contributed by atoms with Crippen LogP contribution >= 0.6 is 27.5 Å². The van der Waals surface area contributed by atoms with Crippen LogP contribution in [0.4, 0.5) is 8.78 Å².